The third kappa shape index (κ3) is 1.82. The fourth-order valence-corrected chi connectivity index (χ4v) is 7.14. The Morgan fingerprint density at radius 3 is 1.18 bits per heavy atom. The van der Waals surface area contributed by atoms with Gasteiger partial charge in [-0.05, 0) is 0 Å². The Balaban J connectivity index is 4.85. The molecule has 0 aliphatic heterocycles. The molecule has 11 heavy (non-hydrogen) atoms. The zero-order valence-electron chi connectivity index (χ0n) is 7.81. The van der Waals surface area contributed by atoms with E-state index in [1.165, 1.54) is 0 Å². The minimum atomic E-state index is -2.36. The van der Waals surface area contributed by atoms with Crippen LogP contribution in [0.15, 0.2) is 0 Å². The standard InChI is InChI=1S/C10H16Ge/c1-7-11(8-2,9(3)4)10(5)6/h1-2,9-10H,3-6H3. The first-order valence-electron chi connectivity index (χ1n) is 3.96. The van der Waals surface area contributed by atoms with Gasteiger partial charge in [-0.1, -0.05) is 0 Å². The van der Waals surface area contributed by atoms with Crippen molar-refractivity contribution >= 4 is 13.3 Å². The van der Waals surface area contributed by atoms with Gasteiger partial charge in [0.15, 0.2) is 0 Å². The Morgan fingerprint density at radius 1 is 0.909 bits per heavy atom. The SMILES string of the molecule is C#[C][Ge]([C]#C)([CH](C)C)[CH](C)C. The molecule has 0 radical (unpaired) electrons. The molecule has 0 spiro atoms. The molecule has 0 heterocycles. The van der Waals surface area contributed by atoms with Crippen LogP contribution in [0.4, 0.5) is 0 Å². The van der Waals surface area contributed by atoms with E-state index >= 15 is 0 Å². The van der Waals surface area contributed by atoms with Gasteiger partial charge >= 0.3 is 72.8 Å². The molecular formula is C10H16Ge. The molecule has 0 aromatic carbocycles. The van der Waals surface area contributed by atoms with E-state index in [1.807, 2.05) is 0 Å². The van der Waals surface area contributed by atoms with E-state index in [4.69, 9.17) is 12.8 Å². The van der Waals surface area contributed by atoms with Crippen LogP contribution in [0.5, 0.6) is 0 Å². The molecule has 0 aromatic rings. The van der Waals surface area contributed by atoms with Crippen LogP contribution < -0.4 is 0 Å². The van der Waals surface area contributed by atoms with E-state index < -0.39 is 13.3 Å². The maximum absolute atomic E-state index is 5.51. The first kappa shape index (κ1) is 10.7. The zero-order valence-corrected chi connectivity index (χ0v) is 9.91. The van der Waals surface area contributed by atoms with E-state index in [1.54, 1.807) is 0 Å². The predicted octanol–water partition coefficient (Wildman–Crippen LogP) is 2.60. The van der Waals surface area contributed by atoms with Crippen LogP contribution in [-0.2, 0) is 0 Å². The molecule has 0 amide bonds. The molecule has 60 valence electrons. The Labute approximate surface area is 73.1 Å². The summed E-state index contributed by atoms with van der Waals surface area (Å²) in [5.74, 6) is 0. The quantitative estimate of drug-likeness (QED) is 0.484. The van der Waals surface area contributed by atoms with Crippen molar-refractivity contribution in [3.05, 3.63) is 0 Å². The van der Waals surface area contributed by atoms with Crippen molar-refractivity contribution in [1.29, 1.82) is 0 Å². The van der Waals surface area contributed by atoms with Crippen molar-refractivity contribution in [3.8, 4) is 22.4 Å². The van der Waals surface area contributed by atoms with Gasteiger partial charge in [0.1, 0.15) is 0 Å². The summed E-state index contributed by atoms with van der Waals surface area (Å²) in [6.07, 6.45) is 11.0. The summed E-state index contributed by atoms with van der Waals surface area (Å²) in [5.41, 5.74) is 0. The van der Waals surface area contributed by atoms with E-state index in [-0.39, 0.29) is 0 Å². The molecule has 0 aromatic heterocycles. The second kappa shape index (κ2) is 3.88. The summed E-state index contributed by atoms with van der Waals surface area (Å²) >= 11 is -2.36. The third-order valence-electron chi connectivity index (χ3n) is 2.30. The topological polar surface area (TPSA) is 0 Å². The molecule has 0 bridgehead atoms. The number of hydrogen-bond acceptors (Lipinski definition) is 0. The Hall–Kier alpha value is -0.337. The van der Waals surface area contributed by atoms with Crippen LogP contribution in [0.25, 0.3) is 0 Å². The van der Waals surface area contributed by atoms with Crippen LogP contribution >= 0.6 is 0 Å². The van der Waals surface area contributed by atoms with Crippen LogP contribution in [0.3, 0.4) is 0 Å². The summed E-state index contributed by atoms with van der Waals surface area (Å²) < 4.78 is 6.90. The fraction of sp³-hybridized carbons (Fsp3) is 0.600. The summed E-state index contributed by atoms with van der Waals surface area (Å²) in [5, 5.41) is 0. The Morgan fingerprint density at radius 2 is 1.18 bits per heavy atom. The third-order valence-corrected chi connectivity index (χ3v) is 11.9. The second-order valence-corrected chi connectivity index (χ2v) is 13.2. The molecule has 0 atom stereocenters. The van der Waals surface area contributed by atoms with Gasteiger partial charge in [0.05, 0.1) is 0 Å². The average molecular weight is 209 g/mol. The monoisotopic (exact) mass is 210 g/mol. The summed E-state index contributed by atoms with van der Waals surface area (Å²) in [6.45, 7) is 8.61. The summed E-state index contributed by atoms with van der Waals surface area (Å²) in [4.78, 5) is 0. The van der Waals surface area contributed by atoms with Gasteiger partial charge in [0, 0.05) is 0 Å². The van der Waals surface area contributed by atoms with E-state index in [0.29, 0.717) is 9.50 Å². The molecule has 0 aliphatic carbocycles. The maximum atomic E-state index is 5.51. The average Bonchev–Trinajstić information content (AvgIpc) is 1.90. The molecule has 0 nitrogen and oxygen atoms in total. The minimum absolute atomic E-state index is 0.532. The zero-order chi connectivity index (χ0) is 9.07. The first-order chi connectivity index (χ1) is 5.01. The van der Waals surface area contributed by atoms with Crippen LogP contribution in [0.2, 0.25) is 9.50 Å². The van der Waals surface area contributed by atoms with Gasteiger partial charge in [-0.3, -0.25) is 0 Å². The van der Waals surface area contributed by atoms with Gasteiger partial charge in [-0.2, -0.15) is 0 Å². The molecular weight excluding hydrogens is 193 g/mol. The van der Waals surface area contributed by atoms with E-state index in [9.17, 15) is 0 Å². The number of rotatable bonds is 2. The first-order valence-corrected chi connectivity index (χ1v) is 8.48. The normalized spacial score (nSPS) is 11.3. The van der Waals surface area contributed by atoms with Gasteiger partial charge in [-0.25, -0.2) is 0 Å². The van der Waals surface area contributed by atoms with Crippen LogP contribution in [0, 0.1) is 22.4 Å². The number of hydrogen-bond donors (Lipinski definition) is 0. The van der Waals surface area contributed by atoms with Gasteiger partial charge in [0.25, 0.3) is 0 Å². The van der Waals surface area contributed by atoms with E-state index in [0.717, 1.165) is 0 Å². The van der Waals surface area contributed by atoms with Crippen molar-refractivity contribution in [2.24, 2.45) is 0 Å². The molecule has 0 aliphatic rings. The fourth-order valence-electron chi connectivity index (χ4n) is 1.38. The van der Waals surface area contributed by atoms with E-state index in [2.05, 4.69) is 37.2 Å². The molecule has 0 saturated carbocycles. The van der Waals surface area contributed by atoms with Crippen molar-refractivity contribution < 1.29 is 0 Å². The van der Waals surface area contributed by atoms with Gasteiger partial charge in [0.2, 0.25) is 0 Å². The van der Waals surface area contributed by atoms with Crippen molar-refractivity contribution in [1.82, 2.24) is 0 Å². The molecule has 0 saturated heterocycles. The van der Waals surface area contributed by atoms with Crippen molar-refractivity contribution in [2.75, 3.05) is 0 Å². The van der Waals surface area contributed by atoms with Gasteiger partial charge in [-0.15, -0.1) is 0 Å². The molecule has 1 heteroatoms. The van der Waals surface area contributed by atoms with Crippen molar-refractivity contribution in [2.45, 2.75) is 37.2 Å². The van der Waals surface area contributed by atoms with Gasteiger partial charge < -0.3 is 0 Å². The Bertz CT molecular complexity index is 176. The number of terminal acetylenes is 2. The predicted molar refractivity (Wildman–Crippen MR) is 53.6 cm³/mol. The van der Waals surface area contributed by atoms with Crippen LogP contribution in [-0.4, -0.2) is 13.3 Å². The summed E-state index contributed by atoms with van der Waals surface area (Å²) in [7, 11) is 0. The van der Waals surface area contributed by atoms with Crippen LogP contribution in [0.1, 0.15) is 27.7 Å². The molecule has 0 fully saturated rings. The Kier molecular flexibility index (Phi) is 3.77. The summed E-state index contributed by atoms with van der Waals surface area (Å²) in [6, 6.07) is 0. The molecule has 0 N–H and O–H groups in total. The molecule has 0 rings (SSSR count). The second-order valence-electron chi connectivity index (χ2n) is 3.47. The van der Waals surface area contributed by atoms with Crippen molar-refractivity contribution in [3.63, 3.8) is 0 Å². The molecule has 0 unspecified atom stereocenters.